The molecule has 1 rings (SSSR count). The maximum Gasteiger partial charge on any atom is 0.161 e. The van der Waals surface area contributed by atoms with Crippen LogP contribution in [0.4, 0.5) is 0 Å². The fourth-order valence-corrected chi connectivity index (χ4v) is 2.04. The Bertz CT molecular complexity index is 440. The van der Waals surface area contributed by atoms with Crippen molar-refractivity contribution in [3.05, 3.63) is 23.3 Å². The van der Waals surface area contributed by atoms with E-state index in [0.29, 0.717) is 24.3 Å². The summed E-state index contributed by atoms with van der Waals surface area (Å²) in [4.78, 5) is 11.6. The summed E-state index contributed by atoms with van der Waals surface area (Å²) < 4.78 is 10.6. The van der Waals surface area contributed by atoms with Gasteiger partial charge in [0.05, 0.1) is 14.2 Å². The Morgan fingerprint density at radius 1 is 1.26 bits per heavy atom. The quantitative estimate of drug-likeness (QED) is 0.823. The Balaban J connectivity index is 3.26. The number of aliphatic hydroxyl groups is 1. The molecule has 0 radical (unpaired) electrons. The average molecular weight is 266 g/mol. The normalized spacial score (nSPS) is 12.1. The van der Waals surface area contributed by atoms with Gasteiger partial charge in [0.15, 0.2) is 11.5 Å². The van der Waals surface area contributed by atoms with Crippen LogP contribution in [-0.4, -0.2) is 31.7 Å². The number of hydrogen-bond donors (Lipinski definition) is 1. The number of methoxy groups -OCH3 is 2. The fraction of sp³-hybridized carbons (Fsp3) is 0.533. The molecule has 1 aromatic carbocycles. The number of aliphatic hydroxyl groups excluding tert-OH is 1. The first-order chi connectivity index (χ1) is 9.04. The molecule has 0 spiro atoms. The van der Waals surface area contributed by atoms with Gasteiger partial charge in [-0.3, -0.25) is 4.79 Å². The SMILES string of the molecule is COc1cc(CCCO)c([C@@H](C)C(C)=O)cc1OC. The molecule has 0 fully saturated rings. The van der Waals surface area contributed by atoms with Gasteiger partial charge in [0.1, 0.15) is 5.78 Å². The summed E-state index contributed by atoms with van der Waals surface area (Å²) in [5.74, 6) is 1.19. The van der Waals surface area contributed by atoms with Gasteiger partial charge in [0.25, 0.3) is 0 Å². The van der Waals surface area contributed by atoms with E-state index in [1.807, 2.05) is 19.1 Å². The Morgan fingerprint density at radius 3 is 2.32 bits per heavy atom. The van der Waals surface area contributed by atoms with Crippen LogP contribution >= 0.6 is 0 Å². The molecule has 1 atom stereocenters. The van der Waals surface area contributed by atoms with Crippen LogP contribution in [0.5, 0.6) is 11.5 Å². The third kappa shape index (κ3) is 3.70. The highest BCUT2D eigenvalue weighted by Crippen LogP contribution is 2.34. The van der Waals surface area contributed by atoms with E-state index in [1.54, 1.807) is 21.1 Å². The number of aryl methyl sites for hydroxylation is 1. The Hall–Kier alpha value is -1.55. The van der Waals surface area contributed by atoms with E-state index < -0.39 is 0 Å². The number of carbonyl (C=O) groups is 1. The van der Waals surface area contributed by atoms with Crippen LogP contribution in [0.25, 0.3) is 0 Å². The second kappa shape index (κ2) is 7.14. The number of benzene rings is 1. The van der Waals surface area contributed by atoms with Crippen LogP contribution in [0.3, 0.4) is 0 Å². The monoisotopic (exact) mass is 266 g/mol. The zero-order valence-electron chi connectivity index (χ0n) is 12.0. The third-order valence-electron chi connectivity index (χ3n) is 3.33. The molecule has 4 nitrogen and oxygen atoms in total. The van der Waals surface area contributed by atoms with E-state index >= 15 is 0 Å². The summed E-state index contributed by atoms with van der Waals surface area (Å²) in [7, 11) is 3.16. The largest absolute Gasteiger partial charge is 0.493 e. The van der Waals surface area contributed by atoms with Crippen molar-refractivity contribution >= 4 is 5.78 Å². The predicted molar refractivity (Wildman–Crippen MR) is 74.0 cm³/mol. The van der Waals surface area contributed by atoms with E-state index in [0.717, 1.165) is 11.1 Å². The highest BCUT2D eigenvalue weighted by molar-refractivity contribution is 5.83. The molecule has 106 valence electrons. The molecule has 0 aliphatic carbocycles. The van der Waals surface area contributed by atoms with Gasteiger partial charge in [-0.15, -0.1) is 0 Å². The number of Topliss-reactive ketones (excluding diaryl/α,β-unsaturated/α-hetero) is 1. The summed E-state index contributed by atoms with van der Waals surface area (Å²) in [5, 5.41) is 8.97. The smallest absolute Gasteiger partial charge is 0.161 e. The van der Waals surface area contributed by atoms with Gasteiger partial charge in [-0.2, -0.15) is 0 Å². The second-order valence-electron chi connectivity index (χ2n) is 4.57. The zero-order valence-corrected chi connectivity index (χ0v) is 12.0. The molecule has 0 saturated heterocycles. The van der Waals surface area contributed by atoms with Crippen LogP contribution < -0.4 is 9.47 Å². The van der Waals surface area contributed by atoms with Crippen LogP contribution in [0, 0.1) is 0 Å². The minimum Gasteiger partial charge on any atom is -0.493 e. The molecule has 0 saturated carbocycles. The van der Waals surface area contributed by atoms with Gasteiger partial charge in [0, 0.05) is 12.5 Å². The Kier molecular flexibility index (Phi) is 5.83. The molecule has 0 unspecified atom stereocenters. The lowest BCUT2D eigenvalue weighted by molar-refractivity contribution is -0.118. The summed E-state index contributed by atoms with van der Waals surface area (Å²) in [6.45, 7) is 3.59. The first-order valence-corrected chi connectivity index (χ1v) is 6.41. The minimum absolute atomic E-state index is 0.109. The molecule has 0 heterocycles. The van der Waals surface area contributed by atoms with Crippen molar-refractivity contribution in [3.8, 4) is 11.5 Å². The molecule has 1 N–H and O–H groups in total. The molecule has 0 aliphatic rings. The maximum atomic E-state index is 11.6. The summed E-state index contributed by atoms with van der Waals surface area (Å²) in [6.07, 6.45) is 1.37. The minimum atomic E-state index is -0.187. The van der Waals surface area contributed by atoms with Gasteiger partial charge in [-0.1, -0.05) is 6.92 Å². The molecule has 4 heteroatoms. The van der Waals surface area contributed by atoms with Crippen LogP contribution in [0.2, 0.25) is 0 Å². The highest BCUT2D eigenvalue weighted by atomic mass is 16.5. The maximum absolute atomic E-state index is 11.6. The number of hydrogen-bond acceptors (Lipinski definition) is 4. The molecule has 19 heavy (non-hydrogen) atoms. The summed E-state index contributed by atoms with van der Waals surface area (Å²) in [5.41, 5.74) is 1.97. The highest BCUT2D eigenvalue weighted by Gasteiger charge is 2.18. The van der Waals surface area contributed by atoms with Gasteiger partial charge in [-0.05, 0) is 43.0 Å². The van der Waals surface area contributed by atoms with Crippen molar-refractivity contribution in [2.75, 3.05) is 20.8 Å². The molecule has 0 aromatic heterocycles. The second-order valence-corrected chi connectivity index (χ2v) is 4.57. The lowest BCUT2D eigenvalue weighted by atomic mass is 9.90. The van der Waals surface area contributed by atoms with Crippen LogP contribution in [-0.2, 0) is 11.2 Å². The van der Waals surface area contributed by atoms with Gasteiger partial charge in [-0.25, -0.2) is 0 Å². The third-order valence-corrected chi connectivity index (χ3v) is 3.33. The van der Waals surface area contributed by atoms with Crippen molar-refractivity contribution in [2.45, 2.75) is 32.6 Å². The topological polar surface area (TPSA) is 55.8 Å². The molecule has 0 amide bonds. The van der Waals surface area contributed by atoms with E-state index in [2.05, 4.69) is 0 Å². The van der Waals surface area contributed by atoms with Crippen LogP contribution in [0.1, 0.15) is 37.3 Å². The van der Waals surface area contributed by atoms with Crippen LogP contribution in [0.15, 0.2) is 12.1 Å². The number of ketones is 1. The summed E-state index contributed by atoms with van der Waals surface area (Å²) >= 11 is 0. The molecular weight excluding hydrogens is 244 g/mol. The first-order valence-electron chi connectivity index (χ1n) is 6.41. The van der Waals surface area contributed by atoms with Gasteiger partial charge < -0.3 is 14.6 Å². The van der Waals surface area contributed by atoms with E-state index in [-0.39, 0.29) is 18.3 Å². The zero-order chi connectivity index (χ0) is 14.4. The Morgan fingerprint density at radius 2 is 1.84 bits per heavy atom. The lowest BCUT2D eigenvalue weighted by Crippen LogP contribution is -2.09. The van der Waals surface area contributed by atoms with Crippen molar-refractivity contribution in [1.29, 1.82) is 0 Å². The van der Waals surface area contributed by atoms with Gasteiger partial charge >= 0.3 is 0 Å². The molecule has 1 aromatic rings. The first kappa shape index (κ1) is 15.5. The van der Waals surface area contributed by atoms with E-state index in [4.69, 9.17) is 14.6 Å². The lowest BCUT2D eigenvalue weighted by Gasteiger charge is -2.18. The molecule has 0 aliphatic heterocycles. The Labute approximate surface area is 114 Å². The van der Waals surface area contributed by atoms with E-state index in [9.17, 15) is 4.79 Å². The standard InChI is InChI=1S/C15H22O4/c1-10(11(2)17)13-9-15(19-4)14(18-3)8-12(13)6-5-7-16/h8-10,16H,5-7H2,1-4H3/t10-/m0/s1. The van der Waals surface area contributed by atoms with Crippen molar-refractivity contribution in [3.63, 3.8) is 0 Å². The molecular formula is C15H22O4. The van der Waals surface area contributed by atoms with Crippen molar-refractivity contribution in [1.82, 2.24) is 0 Å². The average Bonchev–Trinajstić information content (AvgIpc) is 2.43. The van der Waals surface area contributed by atoms with E-state index in [1.165, 1.54) is 0 Å². The number of ether oxygens (including phenoxy) is 2. The summed E-state index contributed by atoms with van der Waals surface area (Å²) in [6, 6.07) is 3.75. The van der Waals surface area contributed by atoms with Crippen molar-refractivity contribution < 1.29 is 19.4 Å². The predicted octanol–water partition coefficient (Wildman–Crippen LogP) is 2.32. The number of carbonyl (C=O) groups excluding carboxylic acids is 1. The van der Waals surface area contributed by atoms with Crippen molar-refractivity contribution in [2.24, 2.45) is 0 Å². The fourth-order valence-electron chi connectivity index (χ4n) is 2.04. The molecule has 0 bridgehead atoms. The van der Waals surface area contributed by atoms with Gasteiger partial charge in [0.2, 0.25) is 0 Å². The number of rotatable bonds is 7.